The van der Waals surface area contributed by atoms with E-state index < -0.39 is 6.04 Å². The first kappa shape index (κ1) is 43.1. The number of halogens is 3. The number of aryl methyl sites for hydroxylation is 3. The summed E-state index contributed by atoms with van der Waals surface area (Å²) in [4.78, 5) is 45.4. The van der Waals surface area contributed by atoms with Crippen molar-refractivity contribution in [2.75, 3.05) is 51.1 Å². The number of thiophene rings is 1. The molecule has 2 aliphatic rings. The fraction of sp³-hybridized carbons (Fsp3) is 0.366. The largest absolute Gasteiger partial charge is 0.377 e. The van der Waals surface area contributed by atoms with Crippen LogP contribution in [0.25, 0.3) is 5.00 Å². The van der Waals surface area contributed by atoms with Crippen LogP contribution in [0.5, 0.6) is 0 Å². The maximum Gasteiger partial charge on any atom is 0.222 e. The van der Waals surface area contributed by atoms with Gasteiger partial charge in [0, 0.05) is 72.2 Å². The maximum absolute atomic E-state index is 13.2. The van der Waals surface area contributed by atoms with Crippen molar-refractivity contribution in [3.8, 4) is 5.00 Å². The Morgan fingerprint density at radius 1 is 0.933 bits per heavy atom. The van der Waals surface area contributed by atoms with Gasteiger partial charge in [-0.1, -0.05) is 46.9 Å². The normalized spacial score (nSPS) is 15.3. The third-order valence-electron chi connectivity index (χ3n) is 9.81. The highest BCUT2D eigenvalue weighted by atomic mass is 35.5. The molecule has 0 spiro atoms. The molecular weight excluding hydrogens is 849 g/mol. The summed E-state index contributed by atoms with van der Waals surface area (Å²) >= 11 is 20.1. The first-order valence-corrected chi connectivity index (χ1v) is 21.4. The van der Waals surface area contributed by atoms with Crippen LogP contribution in [-0.2, 0) is 25.5 Å². The van der Waals surface area contributed by atoms with E-state index in [4.69, 9.17) is 49.3 Å². The van der Waals surface area contributed by atoms with Crippen LogP contribution in [0, 0.1) is 20.8 Å². The number of amidine groups is 1. The van der Waals surface area contributed by atoms with Gasteiger partial charge in [-0.15, -0.1) is 21.5 Å². The number of fused-ring (bicyclic) bond motifs is 3. The van der Waals surface area contributed by atoms with E-state index in [2.05, 4.69) is 55.1 Å². The number of hydrazine groups is 1. The molecule has 7 rings (SSSR count). The van der Waals surface area contributed by atoms with Crippen LogP contribution in [0.15, 0.2) is 64.7 Å². The molecule has 2 amide bonds. The van der Waals surface area contributed by atoms with Gasteiger partial charge < -0.3 is 20.1 Å². The number of hydrogen-bond donors (Lipinski definition) is 3. The number of ether oxygens (including phenoxy) is 2. The first-order valence-electron chi connectivity index (χ1n) is 19.5. The van der Waals surface area contributed by atoms with Gasteiger partial charge in [-0.3, -0.25) is 29.6 Å². The third kappa shape index (κ3) is 10.7. The zero-order valence-corrected chi connectivity index (χ0v) is 36.4. The van der Waals surface area contributed by atoms with Crippen LogP contribution < -0.4 is 21.1 Å². The summed E-state index contributed by atoms with van der Waals surface area (Å²) in [6, 6.07) is 14.2. The molecule has 1 fully saturated rings. The van der Waals surface area contributed by atoms with Crippen molar-refractivity contribution in [3.63, 3.8) is 0 Å². The molecular formula is C41H44Cl3N11O4S. The van der Waals surface area contributed by atoms with Crippen molar-refractivity contribution in [3.05, 3.63) is 109 Å². The van der Waals surface area contributed by atoms with E-state index in [0.717, 1.165) is 44.8 Å². The average Bonchev–Trinajstić information content (AvgIpc) is 3.92. The van der Waals surface area contributed by atoms with Crippen molar-refractivity contribution >= 4 is 81.0 Å². The Labute approximate surface area is 366 Å². The summed E-state index contributed by atoms with van der Waals surface area (Å²) in [6.07, 6.45) is 3.02. The number of hydrogen-bond acceptors (Lipinski definition) is 12. The number of aromatic nitrogens is 5. The number of nitrogens with zero attached hydrogens (tertiary/aromatic N) is 8. The first-order chi connectivity index (χ1) is 29.0. The zero-order chi connectivity index (χ0) is 42.2. The Hall–Kier alpha value is -4.97. The van der Waals surface area contributed by atoms with Crippen molar-refractivity contribution < 1.29 is 19.1 Å². The van der Waals surface area contributed by atoms with E-state index in [0.29, 0.717) is 91.4 Å². The van der Waals surface area contributed by atoms with E-state index in [-0.39, 0.29) is 24.7 Å². The molecule has 1 atom stereocenters. The molecule has 19 heteroatoms. The molecule has 5 aromatic rings. The Morgan fingerprint density at radius 2 is 1.68 bits per heavy atom. The SMILES string of the molecule is Cc1sc2c(c1C)C(c1ccc(Cl)cc1)=N[C@@H](CC(=O)NCCOCCOCCNC(=O)CCc1nccc(N=C3CCN(c4ccc(Cl)c(Cl)c4)N3)n1)c1nnc(C)n1-2. The second-order valence-corrected chi connectivity index (χ2v) is 16.5. The van der Waals surface area contributed by atoms with Gasteiger partial charge in [-0.2, -0.15) is 0 Å². The summed E-state index contributed by atoms with van der Waals surface area (Å²) in [5.41, 5.74) is 8.00. The van der Waals surface area contributed by atoms with Crippen LogP contribution in [0.1, 0.15) is 64.3 Å². The van der Waals surface area contributed by atoms with Gasteiger partial charge in [0.05, 0.1) is 54.3 Å². The molecule has 0 aliphatic carbocycles. The lowest BCUT2D eigenvalue weighted by Gasteiger charge is -2.18. The standard InChI is InChI=1S/C41H44Cl3N11O4S/c1-24-25(2)60-41-38(24)39(27-4-6-28(42)7-5-27)48-32(40-52-51-26(3)55(40)41)23-37(57)47-16-19-59-21-20-58-18-15-46-36(56)11-10-33-45-14-12-34(49-33)50-35-13-17-54(53-35)29-8-9-30(43)31(44)22-29/h4-9,12,14,22,32H,10-11,13,15-21,23H2,1-3H3,(H,46,56)(H,47,57)(H,45,49,50,53)/t32-/m0/s1. The average molecular weight is 893 g/mol. The van der Waals surface area contributed by atoms with E-state index >= 15 is 0 Å². The minimum Gasteiger partial charge on any atom is -0.377 e. The van der Waals surface area contributed by atoms with Crippen LogP contribution in [0.2, 0.25) is 15.1 Å². The second-order valence-electron chi connectivity index (χ2n) is 14.0. The topological polar surface area (TPSA) is 173 Å². The molecule has 0 unspecified atom stereocenters. The summed E-state index contributed by atoms with van der Waals surface area (Å²) in [5, 5.41) is 19.2. The van der Waals surface area contributed by atoms with Gasteiger partial charge in [-0.25, -0.2) is 15.0 Å². The Balaban J connectivity index is 0.783. The monoisotopic (exact) mass is 891 g/mol. The summed E-state index contributed by atoms with van der Waals surface area (Å²) < 4.78 is 13.3. The number of benzene rings is 2. The summed E-state index contributed by atoms with van der Waals surface area (Å²) in [5.74, 6) is 2.84. The fourth-order valence-electron chi connectivity index (χ4n) is 6.66. The predicted octanol–water partition coefficient (Wildman–Crippen LogP) is 6.63. The fourth-order valence-corrected chi connectivity index (χ4v) is 8.30. The van der Waals surface area contributed by atoms with Crippen LogP contribution in [0.3, 0.4) is 0 Å². The molecule has 3 N–H and O–H groups in total. The van der Waals surface area contributed by atoms with E-state index in [1.807, 2.05) is 46.8 Å². The Kier molecular flexibility index (Phi) is 14.4. The molecule has 0 radical (unpaired) electrons. The number of anilines is 1. The number of rotatable bonds is 17. The molecule has 15 nitrogen and oxygen atoms in total. The van der Waals surface area contributed by atoms with Gasteiger partial charge in [0.25, 0.3) is 0 Å². The van der Waals surface area contributed by atoms with Gasteiger partial charge in [-0.05, 0) is 56.7 Å². The van der Waals surface area contributed by atoms with Crippen molar-refractivity contribution in [1.82, 2.24) is 40.8 Å². The van der Waals surface area contributed by atoms with Crippen LogP contribution in [0.4, 0.5) is 11.5 Å². The molecule has 60 heavy (non-hydrogen) atoms. The second kappa shape index (κ2) is 20.1. The Morgan fingerprint density at radius 3 is 2.43 bits per heavy atom. The van der Waals surface area contributed by atoms with E-state index in [1.54, 1.807) is 35.7 Å². The lowest BCUT2D eigenvalue weighted by Crippen LogP contribution is -2.33. The summed E-state index contributed by atoms with van der Waals surface area (Å²) in [7, 11) is 0. The predicted molar refractivity (Wildman–Crippen MR) is 235 cm³/mol. The molecule has 0 bridgehead atoms. The zero-order valence-electron chi connectivity index (χ0n) is 33.3. The maximum atomic E-state index is 13.2. The lowest BCUT2D eigenvalue weighted by atomic mass is 9.99. The number of aliphatic imine (C=N–C) groups is 2. The molecule has 2 aliphatic heterocycles. The van der Waals surface area contributed by atoms with Crippen molar-refractivity contribution in [2.24, 2.45) is 9.98 Å². The highest BCUT2D eigenvalue weighted by Gasteiger charge is 2.32. The van der Waals surface area contributed by atoms with E-state index in [9.17, 15) is 9.59 Å². The highest BCUT2D eigenvalue weighted by molar-refractivity contribution is 7.15. The summed E-state index contributed by atoms with van der Waals surface area (Å²) in [6.45, 7) is 8.80. The molecule has 314 valence electrons. The minimum absolute atomic E-state index is 0.0889. The molecule has 0 saturated carbocycles. The van der Waals surface area contributed by atoms with Crippen LogP contribution >= 0.6 is 46.1 Å². The van der Waals surface area contributed by atoms with Gasteiger partial charge in [0.1, 0.15) is 28.5 Å². The number of amides is 2. The molecule has 3 aromatic heterocycles. The quantitative estimate of drug-likeness (QED) is 0.0861. The smallest absolute Gasteiger partial charge is 0.222 e. The lowest BCUT2D eigenvalue weighted by molar-refractivity contribution is -0.122. The Bertz CT molecular complexity index is 2400. The third-order valence-corrected chi connectivity index (χ3v) is 12.0. The highest BCUT2D eigenvalue weighted by Crippen LogP contribution is 2.39. The molecule has 5 heterocycles. The molecule has 2 aromatic carbocycles. The number of carbonyl (C=O) groups is 2. The van der Waals surface area contributed by atoms with Gasteiger partial charge in [0.15, 0.2) is 11.6 Å². The minimum atomic E-state index is -0.555. The van der Waals surface area contributed by atoms with Crippen molar-refractivity contribution in [1.29, 1.82) is 0 Å². The van der Waals surface area contributed by atoms with Gasteiger partial charge in [0.2, 0.25) is 11.8 Å². The number of nitrogens with one attached hydrogen (secondary N) is 3. The molecule has 1 saturated heterocycles. The van der Waals surface area contributed by atoms with Gasteiger partial charge >= 0.3 is 0 Å². The van der Waals surface area contributed by atoms with Crippen LogP contribution in [-0.4, -0.2) is 94.2 Å². The number of carbonyl (C=O) groups excluding carboxylic acids is 2. The van der Waals surface area contributed by atoms with E-state index in [1.165, 1.54) is 4.88 Å². The van der Waals surface area contributed by atoms with Crippen molar-refractivity contribution in [2.45, 2.75) is 52.5 Å².